The van der Waals surface area contributed by atoms with E-state index in [-0.39, 0.29) is 23.5 Å². The summed E-state index contributed by atoms with van der Waals surface area (Å²) in [6, 6.07) is 8.42. The number of nitro groups is 1. The number of rotatable bonds is 8. The van der Waals surface area contributed by atoms with Crippen molar-refractivity contribution in [1.82, 2.24) is 5.32 Å². The number of amides is 2. The Hall–Kier alpha value is -3.66. The molecule has 2 amide bonds. The first-order valence-electron chi connectivity index (χ1n) is 8.54. The van der Waals surface area contributed by atoms with Crippen LogP contribution in [0.15, 0.2) is 36.4 Å². The zero-order valence-electron chi connectivity index (χ0n) is 16.1. The van der Waals surface area contributed by atoms with Crippen LogP contribution in [0.25, 0.3) is 0 Å². The van der Waals surface area contributed by atoms with Crippen LogP contribution in [0.1, 0.15) is 15.9 Å². The molecular formula is C19H18ClN3O7. The largest absolute Gasteiger partial charge is 0.496 e. The Morgan fingerprint density at radius 2 is 1.90 bits per heavy atom. The number of hydrogen-bond donors (Lipinski definition) is 2. The van der Waals surface area contributed by atoms with Gasteiger partial charge >= 0.3 is 5.97 Å². The van der Waals surface area contributed by atoms with Crippen molar-refractivity contribution in [2.45, 2.75) is 6.92 Å². The molecule has 0 unspecified atom stereocenters. The van der Waals surface area contributed by atoms with Gasteiger partial charge in [0.25, 0.3) is 11.6 Å². The molecule has 0 saturated carbocycles. The number of methoxy groups -OCH3 is 1. The van der Waals surface area contributed by atoms with E-state index < -0.39 is 29.3 Å². The van der Waals surface area contributed by atoms with Crippen LogP contribution in [0, 0.1) is 17.0 Å². The second-order valence-electron chi connectivity index (χ2n) is 5.96. The van der Waals surface area contributed by atoms with Crippen LogP contribution in [-0.4, -0.2) is 43.0 Å². The molecule has 30 heavy (non-hydrogen) atoms. The van der Waals surface area contributed by atoms with Crippen molar-refractivity contribution in [3.63, 3.8) is 0 Å². The minimum atomic E-state index is -0.982. The summed E-state index contributed by atoms with van der Waals surface area (Å²) in [6.07, 6.45) is 0. The van der Waals surface area contributed by atoms with Crippen molar-refractivity contribution < 1.29 is 28.8 Å². The Morgan fingerprint density at radius 1 is 1.17 bits per heavy atom. The first-order chi connectivity index (χ1) is 14.2. The maximum absolute atomic E-state index is 12.2. The normalized spacial score (nSPS) is 10.1. The molecule has 0 saturated heterocycles. The number of benzene rings is 2. The summed E-state index contributed by atoms with van der Waals surface area (Å²) in [5.41, 5.74) is 0.651. The predicted molar refractivity (Wildman–Crippen MR) is 108 cm³/mol. The van der Waals surface area contributed by atoms with Crippen LogP contribution >= 0.6 is 11.6 Å². The summed E-state index contributed by atoms with van der Waals surface area (Å²) < 4.78 is 9.83. The highest BCUT2D eigenvalue weighted by Crippen LogP contribution is 2.25. The van der Waals surface area contributed by atoms with Crippen molar-refractivity contribution in [2.24, 2.45) is 0 Å². The van der Waals surface area contributed by atoms with Crippen molar-refractivity contribution in [3.8, 4) is 5.75 Å². The Morgan fingerprint density at radius 3 is 2.57 bits per heavy atom. The third-order valence-electron chi connectivity index (χ3n) is 3.94. The number of anilines is 1. The SMILES string of the molecule is COc1ccc([N+](=O)[O-])cc1C(=O)OCC(=O)NCC(=O)Nc1cccc(Cl)c1C. The molecule has 0 bridgehead atoms. The summed E-state index contributed by atoms with van der Waals surface area (Å²) in [5, 5.41) is 16.3. The van der Waals surface area contributed by atoms with Gasteiger partial charge in [-0.15, -0.1) is 0 Å². The molecule has 2 aromatic carbocycles. The van der Waals surface area contributed by atoms with Crippen molar-refractivity contribution in [1.29, 1.82) is 0 Å². The van der Waals surface area contributed by atoms with Crippen molar-refractivity contribution in [3.05, 3.63) is 62.7 Å². The van der Waals surface area contributed by atoms with Gasteiger partial charge in [-0.05, 0) is 30.7 Å². The Kier molecular flexibility index (Phi) is 7.70. The Bertz CT molecular complexity index is 994. The summed E-state index contributed by atoms with van der Waals surface area (Å²) in [4.78, 5) is 46.2. The predicted octanol–water partition coefficient (Wildman–Crippen LogP) is 2.48. The average Bonchev–Trinajstić information content (AvgIpc) is 2.73. The highest BCUT2D eigenvalue weighted by atomic mass is 35.5. The maximum atomic E-state index is 12.2. The van der Waals surface area contributed by atoms with Crippen molar-refractivity contribution >= 4 is 40.8 Å². The smallest absolute Gasteiger partial charge is 0.342 e. The van der Waals surface area contributed by atoms with Crippen LogP contribution in [-0.2, 0) is 14.3 Å². The van der Waals surface area contributed by atoms with E-state index in [0.717, 1.165) is 6.07 Å². The molecule has 10 nitrogen and oxygen atoms in total. The molecule has 0 heterocycles. The van der Waals surface area contributed by atoms with E-state index in [1.807, 2.05) is 0 Å². The molecule has 0 aliphatic carbocycles. The zero-order chi connectivity index (χ0) is 22.3. The van der Waals surface area contributed by atoms with E-state index in [4.69, 9.17) is 21.1 Å². The lowest BCUT2D eigenvalue weighted by molar-refractivity contribution is -0.384. The number of nitrogens with zero attached hydrogens (tertiary/aromatic N) is 1. The van der Waals surface area contributed by atoms with Gasteiger partial charge in [-0.3, -0.25) is 19.7 Å². The van der Waals surface area contributed by atoms with Gasteiger partial charge in [0, 0.05) is 22.8 Å². The summed E-state index contributed by atoms with van der Waals surface area (Å²) in [7, 11) is 1.28. The molecule has 0 aromatic heterocycles. The first-order valence-corrected chi connectivity index (χ1v) is 8.92. The topological polar surface area (TPSA) is 137 Å². The van der Waals surface area contributed by atoms with Crippen molar-refractivity contribution in [2.75, 3.05) is 25.6 Å². The Balaban J connectivity index is 1.88. The zero-order valence-corrected chi connectivity index (χ0v) is 16.8. The molecule has 2 rings (SSSR count). The summed E-state index contributed by atoms with van der Waals surface area (Å²) in [5.74, 6) is -2.15. The van der Waals surface area contributed by atoms with Gasteiger partial charge in [0.2, 0.25) is 5.91 Å². The fraction of sp³-hybridized carbons (Fsp3) is 0.211. The number of nitrogens with one attached hydrogen (secondary N) is 2. The first kappa shape index (κ1) is 22.6. The lowest BCUT2D eigenvalue weighted by Gasteiger charge is -2.11. The van der Waals surface area contributed by atoms with Gasteiger partial charge < -0.3 is 20.1 Å². The number of carbonyl (C=O) groups excluding carboxylic acids is 3. The maximum Gasteiger partial charge on any atom is 0.342 e. The number of nitro benzene ring substituents is 1. The summed E-state index contributed by atoms with van der Waals surface area (Å²) in [6.45, 7) is 0.689. The number of ether oxygens (including phenoxy) is 2. The standard InChI is InChI=1S/C19H18ClN3O7/c1-11-14(20)4-3-5-15(11)22-17(24)9-21-18(25)10-30-19(26)13-8-12(23(27)28)6-7-16(13)29-2/h3-8H,9-10H2,1-2H3,(H,21,25)(H,22,24). The molecule has 0 aliphatic heterocycles. The van der Waals surface area contributed by atoms with E-state index in [2.05, 4.69) is 10.6 Å². The molecule has 0 atom stereocenters. The second kappa shape index (κ2) is 10.2. The fourth-order valence-corrected chi connectivity index (χ4v) is 2.52. The highest BCUT2D eigenvalue weighted by molar-refractivity contribution is 6.31. The molecular weight excluding hydrogens is 418 g/mol. The molecule has 0 radical (unpaired) electrons. The van der Waals surface area contributed by atoms with Gasteiger partial charge in [-0.1, -0.05) is 17.7 Å². The van der Waals surface area contributed by atoms with Gasteiger partial charge in [0.05, 0.1) is 18.6 Å². The van der Waals surface area contributed by atoms with Gasteiger partial charge in [-0.2, -0.15) is 0 Å². The van der Waals surface area contributed by atoms with Crippen LogP contribution < -0.4 is 15.4 Å². The van der Waals surface area contributed by atoms with E-state index in [1.54, 1.807) is 25.1 Å². The average molecular weight is 436 g/mol. The number of non-ortho nitro benzene ring substituents is 1. The number of halogens is 1. The molecule has 2 aromatic rings. The molecule has 0 fully saturated rings. The molecule has 0 aliphatic rings. The van der Waals surface area contributed by atoms with Crippen LogP contribution in [0.4, 0.5) is 11.4 Å². The summed E-state index contributed by atoms with van der Waals surface area (Å²) >= 11 is 5.98. The van der Waals surface area contributed by atoms with E-state index in [9.17, 15) is 24.5 Å². The van der Waals surface area contributed by atoms with Crippen LogP contribution in [0.5, 0.6) is 5.75 Å². The fourth-order valence-electron chi connectivity index (χ4n) is 2.35. The highest BCUT2D eigenvalue weighted by Gasteiger charge is 2.20. The molecule has 158 valence electrons. The third kappa shape index (κ3) is 5.92. The minimum absolute atomic E-state index is 0.0577. The second-order valence-corrected chi connectivity index (χ2v) is 6.36. The van der Waals surface area contributed by atoms with Crippen LogP contribution in [0.2, 0.25) is 5.02 Å². The minimum Gasteiger partial charge on any atom is -0.496 e. The van der Waals surface area contributed by atoms with E-state index >= 15 is 0 Å². The lowest BCUT2D eigenvalue weighted by atomic mass is 10.2. The third-order valence-corrected chi connectivity index (χ3v) is 4.35. The van der Waals surface area contributed by atoms with Gasteiger partial charge in [-0.25, -0.2) is 4.79 Å². The molecule has 0 spiro atoms. The quantitative estimate of drug-likeness (QED) is 0.369. The monoisotopic (exact) mass is 435 g/mol. The lowest BCUT2D eigenvalue weighted by Crippen LogP contribution is -2.35. The molecule has 2 N–H and O–H groups in total. The van der Waals surface area contributed by atoms with Crippen LogP contribution in [0.3, 0.4) is 0 Å². The Labute approximate surface area is 176 Å². The van der Waals surface area contributed by atoms with E-state index in [1.165, 1.54) is 19.2 Å². The molecule has 11 heteroatoms. The van der Waals surface area contributed by atoms with E-state index in [0.29, 0.717) is 16.3 Å². The van der Waals surface area contributed by atoms with Gasteiger partial charge in [0.1, 0.15) is 11.3 Å². The number of esters is 1. The number of carbonyl (C=O) groups is 3. The number of hydrogen-bond acceptors (Lipinski definition) is 7. The van der Waals surface area contributed by atoms with Gasteiger partial charge in [0.15, 0.2) is 6.61 Å².